The highest BCUT2D eigenvalue weighted by molar-refractivity contribution is 5.98. The Morgan fingerprint density at radius 2 is 1.16 bits per heavy atom. The lowest BCUT2D eigenvalue weighted by Gasteiger charge is -2.26. The van der Waals surface area contributed by atoms with Crippen molar-refractivity contribution >= 4 is 76.1 Å². The van der Waals surface area contributed by atoms with E-state index >= 15 is 0 Å². The SMILES string of the molecule is C[C@H](NC(=O)[C@H](CC(=O)O)NC(=O)[C@H](CCC(N)=O)NC(=O)[C@H](CCC(=O)O)NC(=O)[C@H](CC(=O)O)NC(=O)CNC(=O)[C@@H](N)Cc1c[nH]c2ccccc12)C(=O)O. The van der Waals surface area contributed by atoms with E-state index < -0.39 is 147 Å². The number of aliphatic carboxylic acids is 4. The van der Waals surface area contributed by atoms with Crippen LogP contribution in [0.1, 0.15) is 51.0 Å². The highest BCUT2D eigenvalue weighted by Gasteiger charge is 2.34. The number of hydrogen-bond donors (Lipinski definition) is 13. The Labute approximate surface area is 328 Å². The van der Waals surface area contributed by atoms with Crippen LogP contribution in [0.4, 0.5) is 0 Å². The van der Waals surface area contributed by atoms with E-state index in [2.05, 4.69) is 26.3 Å². The molecule has 0 aliphatic carbocycles. The third-order valence-corrected chi connectivity index (χ3v) is 8.24. The number of carbonyl (C=O) groups is 11. The normalized spacial score (nSPS) is 13.9. The highest BCUT2D eigenvalue weighted by Crippen LogP contribution is 2.18. The second kappa shape index (κ2) is 22.4. The molecule has 6 atom stereocenters. The summed E-state index contributed by atoms with van der Waals surface area (Å²) in [5.41, 5.74) is 12.7. The molecular formula is C34H45N9O15. The molecule has 15 N–H and O–H groups in total. The first-order valence-corrected chi connectivity index (χ1v) is 17.4. The zero-order valence-corrected chi connectivity index (χ0v) is 30.9. The van der Waals surface area contributed by atoms with Crippen LogP contribution in [-0.4, -0.2) is 133 Å². The second-order valence-electron chi connectivity index (χ2n) is 12.9. The highest BCUT2D eigenvalue weighted by atomic mass is 16.4. The van der Waals surface area contributed by atoms with Crippen LogP contribution in [0.5, 0.6) is 0 Å². The number of rotatable bonds is 25. The number of benzene rings is 1. The quantitative estimate of drug-likeness (QED) is 0.0451. The zero-order chi connectivity index (χ0) is 43.7. The van der Waals surface area contributed by atoms with Crippen molar-refractivity contribution in [3.05, 3.63) is 36.0 Å². The molecule has 0 saturated heterocycles. The standard InChI is InChI=1S/C34H45N9O15/c1-15(34(57)58)39-32(55)23(12-28(50)51)43-31(54)20(6-8-24(36)44)41-30(53)21(7-9-26(46)47)42-33(56)22(11-27(48)49)40-25(45)14-38-29(52)18(35)10-16-13-37-19-5-3-2-4-17(16)19/h2-5,13,15,18,20-23,37H,6-12,14,35H2,1H3,(H2,36,44)(H,38,52)(H,39,55)(H,40,45)(H,41,53)(H,42,56)(H,43,54)(H,46,47)(H,48,49)(H,50,51)(H,57,58)/t15-,18-,20-,21-,22-,23-/m0/s1. The molecule has 316 valence electrons. The maximum atomic E-state index is 13.4. The minimum Gasteiger partial charge on any atom is -0.481 e. The fraction of sp³-hybridized carbons (Fsp3) is 0.441. The first-order chi connectivity index (χ1) is 27.2. The van der Waals surface area contributed by atoms with E-state index in [4.69, 9.17) is 16.6 Å². The summed E-state index contributed by atoms with van der Waals surface area (Å²) in [5, 5.41) is 50.5. The Bertz CT molecular complexity index is 1900. The van der Waals surface area contributed by atoms with E-state index in [1.165, 1.54) is 0 Å². The van der Waals surface area contributed by atoms with Gasteiger partial charge in [-0.15, -0.1) is 0 Å². The summed E-state index contributed by atoms with van der Waals surface area (Å²) in [5.74, 6) is -14.1. The van der Waals surface area contributed by atoms with Crippen molar-refractivity contribution < 1.29 is 73.2 Å². The maximum absolute atomic E-state index is 13.4. The Hall–Kier alpha value is -7.11. The van der Waals surface area contributed by atoms with Gasteiger partial charge in [0, 0.05) is 29.9 Å². The molecule has 0 aliphatic rings. The van der Waals surface area contributed by atoms with E-state index in [9.17, 15) is 68.1 Å². The molecular weight excluding hydrogens is 774 g/mol. The number of aromatic amines is 1. The summed E-state index contributed by atoms with van der Waals surface area (Å²) in [4.78, 5) is 138. The Kier molecular flexibility index (Phi) is 18.2. The summed E-state index contributed by atoms with van der Waals surface area (Å²) >= 11 is 0. The van der Waals surface area contributed by atoms with Gasteiger partial charge in [0.1, 0.15) is 30.2 Å². The second-order valence-corrected chi connectivity index (χ2v) is 12.9. The number of amides is 7. The Morgan fingerprint density at radius 3 is 1.69 bits per heavy atom. The predicted octanol–water partition coefficient (Wildman–Crippen LogP) is -4.24. The van der Waals surface area contributed by atoms with Crippen LogP contribution in [0, 0.1) is 0 Å². The minimum atomic E-state index is -1.90. The van der Waals surface area contributed by atoms with Crippen molar-refractivity contribution in [2.75, 3.05) is 6.54 Å². The molecule has 2 rings (SSSR count). The Balaban J connectivity index is 2.20. The molecule has 24 nitrogen and oxygen atoms in total. The Morgan fingerprint density at radius 1 is 0.655 bits per heavy atom. The van der Waals surface area contributed by atoms with Crippen molar-refractivity contribution in [3.63, 3.8) is 0 Å². The monoisotopic (exact) mass is 819 g/mol. The van der Waals surface area contributed by atoms with Gasteiger partial charge in [-0.25, -0.2) is 0 Å². The number of hydrogen-bond acceptors (Lipinski definition) is 12. The molecule has 58 heavy (non-hydrogen) atoms. The lowest BCUT2D eigenvalue weighted by Crippen LogP contribution is -2.59. The molecule has 1 aromatic carbocycles. The van der Waals surface area contributed by atoms with Crippen LogP contribution >= 0.6 is 0 Å². The van der Waals surface area contributed by atoms with Gasteiger partial charge in [-0.05, 0) is 37.8 Å². The molecule has 0 spiro atoms. The van der Waals surface area contributed by atoms with Gasteiger partial charge in [-0.3, -0.25) is 52.7 Å². The first-order valence-electron chi connectivity index (χ1n) is 17.4. The van der Waals surface area contributed by atoms with E-state index in [-0.39, 0.29) is 6.42 Å². The number of primary amides is 1. The molecule has 0 unspecified atom stereocenters. The summed E-state index contributed by atoms with van der Waals surface area (Å²) < 4.78 is 0. The van der Waals surface area contributed by atoms with Crippen molar-refractivity contribution in [1.29, 1.82) is 0 Å². The van der Waals surface area contributed by atoms with Crippen molar-refractivity contribution in [2.24, 2.45) is 11.5 Å². The molecule has 0 radical (unpaired) electrons. The van der Waals surface area contributed by atoms with Crippen LogP contribution in [-0.2, 0) is 59.2 Å². The first kappa shape index (κ1) is 47.0. The summed E-state index contributed by atoms with van der Waals surface area (Å²) in [6.07, 6.45) is -2.97. The van der Waals surface area contributed by atoms with Gasteiger partial charge in [0.2, 0.25) is 41.4 Å². The molecule has 0 bridgehead atoms. The van der Waals surface area contributed by atoms with Crippen LogP contribution in [0.25, 0.3) is 10.9 Å². The number of carboxylic acids is 4. The average molecular weight is 820 g/mol. The van der Waals surface area contributed by atoms with Gasteiger partial charge < -0.3 is 68.8 Å². The third-order valence-electron chi connectivity index (χ3n) is 8.24. The number of H-pyrrole nitrogens is 1. The summed E-state index contributed by atoms with van der Waals surface area (Å²) in [6, 6.07) is -2.84. The fourth-order valence-electron chi connectivity index (χ4n) is 5.23. The summed E-state index contributed by atoms with van der Waals surface area (Å²) in [7, 11) is 0. The minimum absolute atomic E-state index is 0.0800. The van der Waals surface area contributed by atoms with Crippen LogP contribution in [0.15, 0.2) is 30.5 Å². The van der Waals surface area contributed by atoms with Gasteiger partial charge in [-0.2, -0.15) is 0 Å². The molecule has 0 fully saturated rings. The molecule has 1 aromatic heterocycles. The number of aromatic nitrogens is 1. The lowest BCUT2D eigenvalue weighted by atomic mass is 10.0. The number of carboxylic acid groups (broad SMARTS) is 4. The number of nitrogens with two attached hydrogens (primary N) is 2. The van der Waals surface area contributed by atoms with Crippen LogP contribution < -0.4 is 43.4 Å². The largest absolute Gasteiger partial charge is 0.481 e. The number of para-hydroxylation sites is 1. The van der Waals surface area contributed by atoms with Crippen LogP contribution in [0.3, 0.4) is 0 Å². The van der Waals surface area contributed by atoms with Crippen molar-refractivity contribution in [2.45, 2.75) is 88.1 Å². The van der Waals surface area contributed by atoms with Crippen molar-refractivity contribution in [3.8, 4) is 0 Å². The molecule has 0 aliphatic heterocycles. The van der Waals surface area contributed by atoms with E-state index in [1.807, 2.05) is 28.8 Å². The number of fused-ring (bicyclic) bond motifs is 1. The maximum Gasteiger partial charge on any atom is 0.325 e. The van der Waals surface area contributed by atoms with Gasteiger partial charge in [-0.1, -0.05) is 18.2 Å². The van der Waals surface area contributed by atoms with Gasteiger partial charge in [0.05, 0.1) is 25.4 Å². The molecule has 2 aromatic rings. The van der Waals surface area contributed by atoms with Gasteiger partial charge in [0.15, 0.2) is 0 Å². The fourth-order valence-corrected chi connectivity index (χ4v) is 5.23. The van der Waals surface area contributed by atoms with E-state index in [0.717, 1.165) is 23.4 Å². The van der Waals surface area contributed by atoms with Gasteiger partial charge in [0.25, 0.3) is 0 Å². The third kappa shape index (κ3) is 15.9. The van der Waals surface area contributed by atoms with Crippen LogP contribution in [0.2, 0.25) is 0 Å². The lowest BCUT2D eigenvalue weighted by molar-refractivity contribution is -0.144. The number of carbonyl (C=O) groups excluding carboxylic acids is 7. The van der Waals surface area contributed by atoms with E-state index in [1.54, 1.807) is 12.3 Å². The predicted molar refractivity (Wildman–Crippen MR) is 196 cm³/mol. The molecule has 0 saturated carbocycles. The molecule has 7 amide bonds. The van der Waals surface area contributed by atoms with E-state index in [0.29, 0.717) is 0 Å². The number of nitrogens with one attached hydrogen (secondary N) is 7. The topological polar surface area (TPSA) is 409 Å². The summed E-state index contributed by atoms with van der Waals surface area (Å²) in [6.45, 7) is 0.287. The van der Waals surface area contributed by atoms with Crippen molar-refractivity contribution in [1.82, 2.24) is 36.9 Å². The zero-order valence-electron chi connectivity index (χ0n) is 30.9. The average Bonchev–Trinajstić information content (AvgIpc) is 3.54. The van der Waals surface area contributed by atoms with Gasteiger partial charge >= 0.3 is 23.9 Å². The molecule has 1 heterocycles. The molecule has 24 heteroatoms. The smallest absolute Gasteiger partial charge is 0.325 e.